The van der Waals surface area contributed by atoms with Gasteiger partial charge in [0.15, 0.2) is 0 Å². The lowest BCUT2D eigenvalue weighted by molar-refractivity contribution is -0.122. The summed E-state index contributed by atoms with van der Waals surface area (Å²) in [6, 6.07) is 0.768. The Morgan fingerprint density at radius 2 is 1.82 bits per heavy atom. The van der Waals surface area contributed by atoms with Crippen molar-refractivity contribution in [1.29, 1.82) is 0 Å². The third-order valence-electron chi connectivity index (χ3n) is 2.95. The predicted octanol–water partition coefficient (Wildman–Crippen LogP) is 1.35. The van der Waals surface area contributed by atoms with Crippen molar-refractivity contribution >= 4 is 5.91 Å². The molecule has 0 aliphatic rings. The topological polar surface area (TPSA) is 58.4 Å². The number of carbonyl (C=O) groups is 1. The number of hydrogen-bond donors (Lipinski definition) is 2. The lowest BCUT2D eigenvalue weighted by atomic mass is 10.1. The van der Waals surface area contributed by atoms with Crippen molar-refractivity contribution in [3.8, 4) is 0 Å². The van der Waals surface area contributed by atoms with Crippen LogP contribution in [0, 0.1) is 0 Å². The Morgan fingerprint density at radius 1 is 1.24 bits per heavy atom. The van der Waals surface area contributed by atoms with Crippen LogP contribution in [0.4, 0.5) is 0 Å². The molecule has 4 nitrogen and oxygen atoms in total. The van der Waals surface area contributed by atoms with Crippen LogP contribution in [-0.4, -0.2) is 42.5 Å². The van der Waals surface area contributed by atoms with Gasteiger partial charge in [-0.2, -0.15) is 0 Å². The average molecular weight is 243 g/mol. The molecule has 102 valence electrons. The van der Waals surface area contributed by atoms with Crippen LogP contribution in [-0.2, 0) is 4.79 Å². The maximum atomic E-state index is 11.6. The van der Waals surface area contributed by atoms with Crippen LogP contribution in [0.3, 0.4) is 0 Å². The van der Waals surface area contributed by atoms with Gasteiger partial charge in [0.1, 0.15) is 0 Å². The van der Waals surface area contributed by atoms with Crippen LogP contribution in [0.2, 0.25) is 0 Å². The van der Waals surface area contributed by atoms with E-state index >= 15 is 0 Å². The summed E-state index contributed by atoms with van der Waals surface area (Å²) in [6.07, 6.45) is 2.79. The van der Waals surface area contributed by atoms with Crippen molar-refractivity contribution in [3.05, 3.63) is 0 Å². The first kappa shape index (κ1) is 16.4. The third kappa shape index (κ3) is 7.34. The standard InChI is InChI=1S/C13H29N3O/c1-5-12(6-2)16(10-8-14)9-7-13(17)15-11(3)4/h11-12H,5-10,14H2,1-4H3,(H,15,17). The van der Waals surface area contributed by atoms with Gasteiger partial charge in [0, 0.05) is 38.1 Å². The second-order valence-electron chi connectivity index (χ2n) is 4.77. The molecule has 0 aromatic rings. The van der Waals surface area contributed by atoms with Crippen molar-refractivity contribution in [2.24, 2.45) is 5.73 Å². The quantitative estimate of drug-likeness (QED) is 0.643. The van der Waals surface area contributed by atoms with Crippen LogP contribution in [0.1, 0.15) is 47.0 Å². The number of nitrogens with one attached hydrogen (secondary N) is 1. The van der Waals surface area contributed by atoms with Crippen molar-refractivity contribution in [1.82, 2.24) is 10.2 Å². The first-order chi connectivity index (χ1) is 8.04. The predicted molar refractivity (Wildman–Crippen MR) is 72.9 cm³/mol. The van der Waals surface area contributed by atoms with Crippen LogP contribution in [0.5, 0.6) is 0 Å². The first-order valence-corrected chi connectivity index (χ1v) is 6.78. The zero-order chi connectivity index (χ0) is 13.3. The molecule has 4 heteroatoms. The number of amides is 1. The summed E-state index contributed by atoms with van der Waals surface area (Å²) in [6.45, 7) is 10.7. The van der Waals surface area contributed by atoms with E-state index in [2.05, 4.69) is 24.1 Å². The second-order valence-corrected chi connectivity index (χ2v) is 4.77. The first-order valence-electron chi connectivity index (χ1n) is 6.78. The summed E-state index contributed by atoms with van der Waals surface area (Å²) < 4.78 is 0. The van der Waals surface area contributed by atoms with Crippen LogP contribution >= 0.6 is 0 Å². The Balaban J connectivity index is 4.11. The molecule has 0 aromatic carbocycles. The van der Waals surface area contributed by atoms with E-state index in [0.29, 0.717) is 19.0 Å². The summed E-state index contributed by atoms with van der Waals surface area (Å²) in [4.78, 5) is 13.9. The zero-order valence-corrected chi connectivity index (χ0v) is 11.8. The Hall–Kier alpha value is -0.610. The second kappa shape index (κ2) is 9.42. The molecule has 0 heterocycles. The fraction of sp³-hybridized carbons (Fsp3) is 0.923. The molecule has 0 bridgehead atoms. The van der Waals surface area contributed by atoms with Gasteiger partial charge in [-0.25, -0.2) is 0 Å². The molecular formula is C13H29N3O. The van der Waals surface area contributed by atoms with Gasteiger partial charge >= 0.3 is 0 Å². The molecule has 0 radical (unpaired) electrons. The summed E-state index contributed by atoms with van der Waals surface area (Å²) in [7, 11) is 0. The summed E-state index contributed by atoms with van der Waals surface area (Å²) in [5, 5.41) is 2.92. The van der Waals surface area contributed by atoms with Gasteiger partial charge < -0.3 is 11.1 Å². The zero-order valence-electron chi connectivity index (χ0n) is 11.8. The highest BCUT2D eigenvalue weighted by molar-refractivity contribution is 5.76. The van der Waals surface area contributed by atoms with E-state index in [1.807, 2.05) is 13.8 Å². The highest BCUT2D eigenvalue weighted by Gasteiger charge is 2.15. The van der Waals surface area contributed by atoms with Crippen LogP contribution in [0.25, 0.3) is 0 Å². The van der Waals surface area contributed by atoms with E-state index < -0.39 is 0 Å². The highest BCUT2D eigenvalue weighted by Crippen LogP contribution is 2.08. The van der Waals surface area contributed by atoms with Gasteiger partial charge in [-0.1, -0.05) is 13.8 Å². The summed E-state index contributed by atoms with van der Waals surface area (Å²) in [5.41, 5.74) is 5.62. The van der Waals surface area contributed by atoms with Gasteiger partial charge in [-0.3, -0.25) is 9.69 Å². The third-order valence-corrected chi connectivity index (χ3v) is 2.95. The molecule has 0 rings (SSSR count). The lowest BCUT2D eigenvalue weighted by Gasteiger charge is -2.29. The maximum absolute atomic E-state index is 11.6. The smallest absolute Gasteiger partial charge is 0.221 e. The molecular weight excluding hydrogens is 214 g/mol. The molecule has 0 fully saturated rings. The maximum Gasteiger partial charge on any atom is 0.221 e. The lowest BCUT2D eigenvalue weighted by Crippen LogP contribution is -2.41. The molecule has 0 aliphatic carbocycles. The number of carbonyl (C=O) groups excluding carboxylic acids is 1. The minimum atomic E-state index is 0.132. The molecule has 0 saturated heterocycles. The molecule has 0 saturated carbocycles. The van der Waals surface area contributed by atoms with E-state index in [-0.39, 0.29) is 11.9 Å². The minimum Gasteiger partial charge on any atom is -0.354 e. The normalized spacial score (nSPS) is 11.5. The SMILES string of the molecule is CCC(CC)N(CCN)CCC(=O)NC(C)C. The number of nitrogens with zero attached hydrogens (tertiary/aromatic N) is 1. The molecule has 3 N–H and O–H groups in total. The minimum absolute atomic E-state index is 0.132. The fourth-order valence-corrected chi connectivity index (χ4v) is 2.09. The van der Waals surface area contributed by atoms with E-state index in [4.69, 9.17) is 5.73 Å². The van der Waals surface area contributed by atoms with Gasteiger partial charge in [0.25, 0.3) is 0 Å². The molecule has 1 amide bonds. The molecule has 0 aliphatic heterocycles. The van der Waals surface area contributed by atoms with Gasteiger partial charge in [0.05, 0.1) is 0 Å². The van der Waals surface area contributed by atoms with Crippen molar-refractivity contribution in [3.63, 3.8) is 0 Å². The number of hydrogen-bond acceptors (Lipinski definition) is 3. The Kier molecular flexibility index (Phi) is 9.09. The number of nitrogens with two attached hydrogens (primary N) is 1. The Labute approximate surface area is 106 Å². The Morgan fingerprint density at radius 3 is 2.24 bits per heavy atom. The van der Waals surface area contributed by atoms with Gasteiger partial charge in [0.2, 0.25) is 5.91 Å². The van der Waals surface area contributed by atoms with Gasteiger partial charge in [-0.15, -0.1) is 0 Å². The monoisotopic (exact) mass is 243 g/mol. The fourth-order valence-electron chi connectivity index (χ4n) is 2.09. The molecule has 0 aromatic heterocycles. The molecule has 0 unspecified atom stereocenters. The number of rotatable bonds is 9. The van der Waals surface area contributed by atoms with E-state index in [9.17, 15) is 4.79 Å². The largest absolute Gasteiger partial charge is 0.354 e. The van der Waals surface area contributed by atoms with Crippen LogP contribution in [0.15, 0.2) is 0 Å². The highest BCUT2D eigenvalue weighted by atomic mass is 16.1. The molecule has 17 heavy (non-hydrogen) atoms. The summed E-state index contributed by atoms with van der Waals surface area (Å²) >= 11 is 0. The van der Waals surface area contributed by atoms with Crippen molar-refractivity contribution in [2.75, 3.05) is 19.6 Å². The van der Waals surface area contributed by atoms with Crippen LogP contribution < -0.4 is 11.1 Å². The van der Waals surface area contributed by atoms with E-state index in [1.54, 1.807) is 0 Å². The van der Waals surface area contributed by atoms with Gasteiger partial charge in [-0.05, 0) is 26.7 Å². The van der Waals surface area contributed by atoms with E-state index in [1.165, 1.54) is 0 Å². The molecule has 0 atom stereocenters. The summed E-state index contributed by atoms with van der Waals surface area (Å²) in [5.74, 6) is 0.132. The average Bonchev–Trinajstić information content (AvgIpc) is 2.26. The van der Waals surface area contributed by atoms with E-state index in [0.717, 1.165) is 25.9 Å². The van der Waals surface area contributed by atoms with Crippen molar-refractivity contribution in [2.45, 2.75) is 59.0 Å². The van der Waals surface area contributed by atoms with Crippen molar-refractivity contribution < 1.29 is 4.79 Å². The Bertz CT molecular complexity index is 203. The molecule has 0 spiro atoms.